The zero-order valence-corrected chi connectivity index (χ0v) is 15.1. The first-order valence-corrected chi connectivity index (χ1v) is 8.98. The number of carbonyl (C=O) groups is 3. The Bertz CT molecular complexity index is 734. The first-order valence-electron chi connectivity index (χ1n) is 8.10. The zero-order valence-electron chi connectivity index (χ0n) is 14.3. The molecule has 1 N–H and O–H groups in total. The molecular weight excluding hydrogens is 342 g/mol. The molecule has 134 valence electrons. The van der Waals surface area contributed by atoms with Gasteiger partial charge in [-0.25, -0.2) is 4.79 Å². The lowest BCUT2D eigenvalue weighted by molar-refractivity contribution is -0.138. The van der Waals surface area contributed by atoms with Crippen molar-refractivity contribution in [3.8, 4) is 0 Å². The van der Waals surface area contributed by atoms with E-state index in [9.17, 15) is 14.4 Å². The Morgan fingerprint density at radius 1 is 1.32 bits per heavy atom. The van der Waals surface area contributed by atoms with Crippen molar-refractivity contribution in [2.45, 2.75) is 25.0 Å². The highest BCUT2D eigenvalue weighted by atomic mass is 32.1. The summed E-state index contributed by atoms with van der Waals surface area (Å²) in [5.41, 5.74) is 0.0180. The number of rotatable bonds is 3. The summed E-state index contributed by atoms with van der Waals surface area (Å²) in [6.07, 6.45) is 4.15. The summed E-state index contributed by atoms with van der Waals surface area (Å²) in [5, 5.41) is 10.9. The highest BCUT2D eigenvalue weighted by molar-refractivity contribution is 7.11. The topological polar surface area (TPSA) is 81.2 Å². The number of amides is 4. The van der Waals surface area contributed by atoms with Crippen LogP contribution in [0, 0.1) is 0 Å². The Morgan fingerprint density at radius 2 is 2.00 bits per heavy atom. The molecule has 0 atom stereocenters. The minimum atomic E-state index is -0.809. The Morgan fingerprint density at radius 3 is 2.52 bits per heavy atom. The van der Waals surface area contributed by atoms with E-state index in [0.717, 1.165) is 15.3 Å². The second-order valence-corrected chi connectivity index (χ2v) is 7.35. The fraction of sp³-hybridized carbons (Fsp3) is 0.471. The van der Waals surface area contributed by atoms with Gasteiger partial charge in [0.2, 0.25) is 5.91 Å². The molecule has 0 aliphatic carbocycles. The first-order chi connectivity index (χ1) is 11.9. The molecule has 0 radical (unpaired) electrons. The van der Waals surface area contributed by atoms with Crippen LogP contribution in [0.5, 0.6) is 0 Å². The molecule has 4 amide bonds. The fourth-order valence-corrected chi connectivity index (χ4v) is 4.22. The minimum Gasteiger partial charge on any atom is -0.392 e. The zero-order chi connectivity index (χ0) is 18.2. The number of urea groups is 1. The highest BCUT2D eigenvalue weighted by Gasteiger charge is 2.55. The molecule has 7 nitrogen and oxygen atoms in total. The number of aliphatic hydroxyl groups is 1. The van der Waals surface area contributed by atoms with Gasteiger partial charge in [-0.15, -0.1) is 11.3 Å². The van der Waals surface area contributed by atoms with Crippen LogP contribution in [0.2, 0.25) is 0 Å². The molecule has 1 aromatic heterocycles. The number of hydrogen-bond acceptors (Lipinski definition) is 5. The van der Waals surface area contributed by atoms with Crippen LogP contribution in [0.3, 0.4) is 0 Å². The molecule has 2 saturated heterocycles. The summed E-state index contributed by atoms with van der Waals surface area (Å²) in [5.74, 6) is -0.292. The predicted molar refractivity (Wildman–Crippen MR) is 93.7 cm³/mol. The molecule has 1 spiro atoms. The third-order valence-electron chi connectivity index (χ3n) is 5.07. The summed E-state index contributed by atoms with van der Waals surface area (Å²) in [6.45, 7) is 0.862. The number of carbonyl (C=O) groups excluding carboxylic acids is 3. The van der Waals surface area contributed by atoms with Gasteiger partial charge in [-0.05, 0) is 35.9 Å². The lowest BCUT2D eigenvalue weighted by Gasteiger charge is -2.40. The Labute approximate surface area is 150 Å². The predicted octanol–water partition coefficient (Wildman–Crippen LogP) is 1.14. The van der Waals surface area contributed by atoms with Gasteiger partial charge in [0.25, 0.3) is 5.91 Å². The summed E-state index contributed by atoms with van der Waals surface area (Å²) < 4.78 is 0. The molecule has 0 unspecified atom stereocenters. The first kappa shape index (κ1) is 17.6. The standard InChI is InChI=1S/C17H21N3O4S/c1-18-15(23)17(19(2)16(18)24)5-7-20(8-6-17)14(22)4-3-13-9-12(10-21)11-25-13/h3-4,9,11,21H,5-8,10H2,1-2H3/b4-3+. The average Bonchev–Trinajstić information content (AvgIpc) is 3.16. The SMILES string of the molecule is CN1C(=O)N(C)C2(CCN(C(=O)/C=C/c3cc(CO)cs3)CC2)C1=O. The number of nitrogens with zero attached hydrogens (tertiary/aromatic N) is 3. The summed E-state index contributed by atoms with van der Waals surface area (Å²) >= 11 is 1.47. The highest BCUT2D eigenvalue weighted by Crippen LogP contribution is 2.35. The number of thiophene rings is 1. The van der Waals surface area contributed by atoms with E-state index >= 15 is 0 Å². The Balaban J connectivity index is 1.63. The second kappa shape index (κ2) is 6.61. The number of hydrogen-bond donors (Lipinski definition) is 1. The normalized spacial score (nSPS) is 20.4. The van der Waals surface area contributed by atoms with Gasteiger partial charge >= 0.3 is 6.03 Å². The van der Waals surface area contributed by atoms with Gasteiger partial charge in [0.05, 0.1) is 6.61 Å². The van der Waals surface area contributed by atoms with Crippen molar-refractivity contribution >= 4 is 35.3 Å². The number of imide groups is 1. The third-order valence-corrected chi connectivity index (χ3v) is 6.01. The maximum absolute atomic E-state index is 12.4. The van der Waals surface area contributed by atoms with E-state index in [1.807, 2.05) is 11.4 Å². The number of likely N-dealkylation sites (tertiary alicyclic amines) is 1. The van der Waals surface area contributed by atoms with E-state index < -0.39 is 5.54 Å². The van der Waals surface area contributed by atoms with E-state index in [1.54, 1.807) is 18.0 Å². The van der Waals surface area contributed by atoms with E-state index in [2.05, 4.69) is 0 Å². The monoisotopic (exact) mass is 363 g/mol. The van der Waals surface area contributed by atoms with Crippen molar-refractivity contribution in [2.24, 2.45) is 0 Å². The van der Waals surface area contributed by atoms with E-state index in [-0.39, 0.29) is 24.5 Å². The van der Waals surface area contributed by atoms with Crippen molar-refractivity contribution in [2.75, 3.05) is 27.2 Å². The molecule has 8 heteroatoms. The van der Waals surface area contributed by atoms with Crippen molar-refractivity contribution in [3.05, 3.63) is 28.0 Å². The smallest absolute Gasteiger partial charge is 0.327 e. The molecule has 3 rings (SSSR count). The Hall–Kier alpha value is -2.19. The van der Waals surface area contributed by atoms with Crippen LogP contribution in [-0.2, 0) is 16.2 Å². The van der Waals surface area contributed by atoms with Crippen molar-refractivity contribution in [1.82, 2.24) is 14.7 Å². The summed E-state index contributed by atoms with van der Waals surface area (Å²) in [6, 6.07) is 1.55. The van der Waals surface area contributed by atoms with Gasteiger partial charge < -0.3 is 14.9 Å². The number of likely N-dealkylation sites (N-methyl/N-ethyl adjacent to an activating group) is 2. The van der Waals surface area contributed by atoms with Gasteiger partial charge in [-0.3, -0.25) is 14.5 Å². The molecule has 0 aromatic carbocycles. The van der Waals surface area contributed by atoms with Crippen LogP contribution < -0.4 is 0 Å². The maximum atomic E-state index is 12.4. The van der Waals surface area contributed by atoms with Gasteiger partial charge in [-0.2, -0.15) is 0 Å². The number of aliphatic hydroxyl groups excluding tert-OH is 1. The summed E-state index contributed by atoms with van der Waals surface area (Å²) in [4.78, 5) is 42.1. The van der Waals surface area contributed by atoms with Gasteiger partial charge in [0.1, 0.15) is 5.54 Å². The van der Waals surface area contributed by atoms with Crippen molar-refractivity contribution in [1.29, 1.82) is 0 Å². The van der Waals surface area contributed by atoms with Crippen LogP contribution in [0.25, 0.3) is 6.08 Å². The van der Waals surface area contributed by atoms with E-state index in [1.165, 1.54) is 29.4 Å². The lowest BCUT2D eigenvalue weighted by Crippen LogP contribution is -2.56. The van der Waals surface area contributed by atoms with Crippen LogP contribution >= 0.6 is 11.3 Å². The largest absolute Gasteiger partial charge is 0.392 e. The molecular formula is C17H21N3O4S. The van der Waals surface area contributed by atoms with Gasteiger partial charge in [0, 0.05) is 38.1 Å². The van der Waals surface area contributed by atoms with Crippen LogP contribution in [0.4, 0.5) is 4.79 Å². The van der Waals surface area contributed by atoms with E-state index in [4.69, 9.17) is 5.11 Å². The lowest BCUT2D eigenvalue weighted by atomic mass is 9.86. The van der Waals surface area contributed by atoms with Gasteiger partial charge in [-0.1, -0.05) is 0 Å². The minimum absolute atomic E-state index is 0.0127. The van der Waals surface area contributed by atoms with Gasteiger partial charge in [0.15, 0.2) is 0 Å². The average molecular weight is 363 g/mol. The molecule has 3 heterocycles. The Kier molecular flexibility index (Phi) is 4.66. The molecule has 2 fully saturated rings. The molecule has 0 bridgehead atoms. The molecule has 2 aliphatic rings. The quantitative estimate of drug-likeness (QED) is 0.645. The number of piperidine rings is 1. The van der Waals surface area contributed by atoms with Crippen LogP contribution in [0.15, 0.2) is 17.5 Å². The molecule has 2 aliphatic heterocycles. The summed E-state index contributed by atoms with van der Waals surface area (Å²) in [7, 11) is 3.15. The van der Waals surface area contributed by atoms with Crippen molar-refractivity contribution in [3.63, 3.8) is 0 Å². The van der Waals surface area contributed by atoms with Crippen molar-refractivity contribution < 1.29 is 19.5 Å². The van der Waals surface area contributed by atoms with Crippen LogP contribution in [0.1, 0.15) is 23.3 Å². The van der Waals surface area contributed by atoms with Crippen LogP contribution in [-0.4, -0.2) is 70.4 Å². The molecule has 0 saturated carbocycles. The second-order valence-electron chi connectivity index (χ2n) is 6.41. The molecule has 1 aromatic rings. The third kappa shape index (κ3) is 2.96. The fourth-order valence-electron chi connectivity index (χ4n) is 3.42. The van der Waals surface area contributed by atoms with E-state index in [0.29, 0.717) is 25.9 Å². The maximum Gasteiger partial charge on any atom is 0.327 e. The molecule has 25 heavy (non-hydrogen) atoms.